The molecule has 0 saturated heterocycles. The second-order valence-electron chi connectivity index (χ2n) is 3.86. The van der Waals surface area contributed by atoms with Crippen molar-refractivity contribution >= 4 is 5.78 Å². The zero-order chi connectivity index (χ0) is 13.3. The Kier molecular flexibility index (Phi) is 3.19. The van der Waals surface area contributed by atoms with Crippen LogP contribution in [0.25, 0.3) is 11.1 Å². The molecule has 0 N–H and O–H groups in total. The highest BCUT2D eigenvalue weighted by Gasteiger charge is 2.14. The van der Waals surface area contributed by atoms with E-state index in [1.807, 2.05) is 0 Å². The van der Waals surface area contributed by atoms with Gasteiger partial charge in [0.1, 0.15) is 0 Å². The van der Waals surface area contributed by atoms with Gasteiger partial charge in [-0.05, 0) is 30.2 Å². The van der Waals surface area contributed by atoms with Gasteiger partial charge in [0.25, 0.3) is 0 Å². The van der Waals surface area contributed by atoms with E-state index in [1.165, 1.54) is 6.92 Å². The van der Waals surface area contributed by atoms with Gasteiger partial charge in [-0.15, -0.1) is 0 Å². The Bertz CT molecular complexity index is 597. The zero-order valence-corrected chi connectivity index (χ0v) is 9.51. The number of hydrogen-bond donors (Lipinski definition) is 0. The molecule has 0 atom stereocenters. The number of ketones is 1. The van der Waals surface area contributed by atoms with E-state index in [9.17, 15) is 18.0 Å². The number of carbonyl (C=O) groups excluding carboxylic acids is 1. The van der Waals surface area contributed by atoms with Crippen LogP contribution < -0.4 is 0 Å². The van der Waals surface area contributed by atoms with Crippen LogP contribution in [0.1, 0.15) is 17.3 Å². The molecular weight excluding hydrogens is 241 g/mol. The lowest BCUT2D eigenvalue weighted by Gasteiger charge is -2.08. The second kappa shape index (κ2) is 4.64. The van der Waals surface area contributed by atoms with Crippen molar-refractivity contribution < 1.29 is 18.0 Å². The van der Waals surface area contributed by atoms with Gasteiger partial charge in [-0.25, -0.2) is 13.2 Å². The van der Waals surface area contributed by atoms with Crippen LogP contribution in [-0.4, -0.2) is 5.78 Å². The van der Waals surface area contributed by atoms with Gasteiger partial charge in [-0.2, -0.15) is 0 Å². The third-order valence-corrected chi connectivity index (χ3v) is 2.60. The van der Waals surface area contributed by atoms with Crippen molar-refractivity contribution in [2.45, 2.75) is 6.92 Å². The van der Waals surface area contributed by atoms with Crippen LogP contribution in [0.2, 0.25) is 0 Å². The molecule has 0 unspecified atom stereocenters. The Morgan fingerprint density at radius 3 is 2.11 bits per heavy atom. The van der Waals surface area contributed by atoms with Crippen LogP contribution in [0.15, 0.2) is 36.4 Å². The number of benzene rings is 2. The smallest absolute Gasteiger partial charge is 0.194 e. The lowest BCUT2D eigenvalue weighted by atomic mass is 9.97. The van der Waals surface area contributed by atoms with Crippen molar-refractivity contribution in [2.75, 3.05) is 0 Å². The largest absolute Gasteiger partial charge is 0.294 e. The Morgan fingerprint density at radius 2 is 1.56 bits per heavy atom. The molecule has 2 aromatic rings. The van der Waals surface area contributed by atoms with Gasteiger partial charge in [0.15, 0.2) is 23.2 Å². The van der Waals surface area contributed by atoms with E-state index in [-0.39, 0.29) is 11.3 Å². The molecule has 0 bridgehead atoms. The lowest BCUT2D eigenvalue weighted by molar-refractivity contribution is 0.101. The Balaban J connectivity index is 2.66. The summed E-state index contributed by atoms with van der Waals surface area (Å²) in [7, 11) is 0. The Morgan fingerprint density at radius 1 is 1.00 bits per heavy atom. The van der Waals surface area contributed by atoms with E-state index in [1.54, 1.807) is 24.3 Å². The molecule has 0 aliphatic heterocycles. The molecule has 0 aromatic heterocycles. The third kappa shape index (κ3) is 2.14. The van der Waals surface area contributed by atoms with Crippen molar-refractivity contribution in [1.82, 2.24) is 0 Å². The van der Waals surface area contributed by atoms with E-state index in [2.05, 4.69) is 0 Å². The average Bonchev–Trinajstić information content (AvgIpc) is 2.35. The molecule has 1 nitrogen and oxygen atoms in total. The number of rotatable bonds is 2. The summed E-state index contributed by atoms with van der Waals surface area (Å²) in [5.41, 5.74) is 0.850. The van der Waals surface area contributed by atoms with Crippen molar-refractivity contribution in [2.24, 2.45) is 0 Å². The van der Waals surface area contributed by atoms with Gasteiger partial charge in [0.05, 0.1) is 0 Å². The summed E-state index contributed by atoms with van der Waals surface area (Å²) >= 11 is 0. The molecule has 0 spiro atoms. The number of halogens is 3. The van der Waals surface area contributed by atoms with E-state index in [0.29, 0.717) is 11.1 Å². The molecule has 18 heavy (non-hydrogen) atoms. The van der Waals surface area contributed by atoms with Crippen LogP contribution >= 0.6 is 0 Å². The molecule has 0 heterocycles. The van der Waals surface area contributed by atoms with Gasteiger partial charge < -0.3 is 0 Å². The molecule has 0 aliphatic carbocycles. The Labute approximate surface area is 102 Å². The molecule has 2 aromatic carbocycles. The average molecular weight is 250 g/mol. The molecule has 0 radical (unpaired) electrons. The fourth-order valence-electron chi connectivity index (χ4n) is 1.75. The SMILES string of the molecule is CC(=O)c1ccccc1-c1cc(F)c(F)c(F)c1. The van der Waals surface area contributed by atoms with Crippen molar-refractivity contribution in [3.05, 3.63) is 59.4 Å². The molecular formula is C14H9F3O. The first-order valence-electron chi connectivity index (χ1n) is 5.25. The predicted octanol–water partition coefficient (Wildman–Crippen LogP) is 3.97. The van der Waals surface area contributed by atoms with Gasteiger partial charge in [0.2, 0.25) is 0 Å². The topological polar surface area (TPSA) is 17.1 Å². The summed E-state index contributed by atoms with van der Waals surface area (Å²) < 4.78 is 39.2. The van der Waals surface area contributed by atoms with Crippen LogP contribution in [-0.2, 0) is 0 Å². The third-order valence-electron chi connectivity index (χ3n) is 2.60. The van der Waals surface area contributed by atoms with Gasteiger partial charge in [-0.3, -0.25) is 4.79 Å². The second-order valence-corrected chi connectivity index (χ2v) is 3.86. The van der Waals surface area contributed by atoms with E-state index < -0.39 is 17.5 Å². The maximum Gasteiger partial charge on any atom is 0.194 e. The first-order valence-corrected chi connectivity index (χ1v) is 5.25. The van der Waals surface area contributed by atoms with Crippen LogP contribution in [0.3, 0.4) is 0 Å². The van der Waals surface area contributed by atoms with E-state index >= 15 is 0 Å². The van der Waals surface area contributed by atoms with Crippen LogP contribution in [0, 0.1) is 17.5 Å². The summed E-state index contributed by atoms with van der Waals surface area (Å²) in [4.78, 5) is 11.4. The summed E-state index contributed by atoms with van der Waals surface area (Å²) in [6.07, 6.45) is 0. The minimum absolute atomic E-state index is 0.136. The van der Waals surface area contributed by atoms with Gasteiger partial charge in [-0.1, -0.05) is 24.3 Å². The zero-order valence-electron chi connectivity index (χ0n) is 9.51. The number of Topliss-reactive ketones (excluding diaryl/α,β-unsaturated/α-hetero) is 1. The Hall–Kier alpha value is -2.10. The highest BCUT2D eigenvalue weighted by molar-refractivity contribution is 6.00. The highest BCUT2D eigenvalue weighted by Crippen LogP contribution is 2.27. The maximum absolute atomic E-state index is 13.2. The summed E-state index contributed by atoms with van der Waals surface area (Å²) in [5.74, 6) is -4.29. The standard InChI is InChI=1S/C14H9F3O/c1-8(18)10-4-2-3-5-11(10)9-6-12(15)14(17)13(16)7-9/h2-7H,1H3. The molecule has 0 fully saturated rings. The predicted molar refractivity (Wildman–Crippen MR) is 61.8 cm³/mol. The van der Waals surface area contributed by atoms with Crippen LogP contribution in [0.5, 0.6) is 0 Å². The number of carbonyl (C=O) groups is 1. The van der Waals surface area contributed by atoms with E-state index in [0.717, 1.165) is 12.1 Å². The van der Waals surface area contributed by atoms with Crippen molar-refractivity contribution in [3.8, 4) is 11.1 Å². The molecule has 0 amide bonds. The molecule has 92 valence electrons. The molecule has 4 heteroatoms. The number of hydrogen-bond acceptors (Lipinski definition) is 1. The quantitative estimate of drug-likeness (QED) is 0.582. The normalized spacial score (nSPS) is 10.4. The fourth-order valence-corrected chi connectivity index (χ4v) is 1.75. The summed E-state index contributed by atoms with van der Waals surface area (Å²) in [5, 5.41) is 0. The summed E-state index contributed by atoms with van der Waals surface area (Å²) in [6, 6.07) is 8.15. The first-order chi connectivity index (χ1) is 8.50. The van der Waals surface area contributed by atoms with Gasteiger partial charge in [0, 0.05) is 5.56 Å². The summed E-state index contributed by atoms with van der Waals surface area (Å²) in [6.45, 7) is 1.36. The fraction of sp³-hybridized carbons (Fsp3) is 0.0714. The lowest BCUT2D eigenvalue weighted by Crippen LogP contribution is -1.98. The first kappa shape index (κ1) is 12.4. The van der Waals surface area contributed by atoms with Crippen LogP contribution in [0.4, 0.5) is 13.2 Å². The molecule has 0 saturated carbocycles. The maximum atomic E-state index is 13.2. The highest BCUT2D eigenvalue weighted by atomic mass is 19.2. The van der Waals surface area contributed by atoms with Crippen molar-refractivity contribution in [1.29, 1.82) is 0 Å². The minimum Gasteiger partial charge on any atom is -0.294 e. The molecule has 0 aliphatic rings. The molecule has 2 rings (SSSR count). The van der Waals surface area contributed by atoms with Gasteiger partial charge >= 0.3 is 0 Å². The minimum atomic E-state index is -1.51. The van der Waals surface area contributed by atoms with Crippen molar-refractivity contribution in [3.63, 3.8) is 0 Å². The monoisotopic (exact) mass is 250 g/mol. The van der Waals surface area contributed by atoms with E-state index in [4.69, 9.17) is 0 Å².